The number of halogens is 3. The highest BCUT2D eigenvalue weighted by Crippen LogP contribution is 2.38. The molecule has 1 atom stereocenters. The van der Waals surface area contributed by atoms with Gasteiger partial charge in [-0.3, -0.25) is 4.68 Å². The molecule has 0 saturated heterocycles. The van der Waals surface area contributed by atoms with Crippen LogP contribution in [0.2, 0.25) is 0 Å². The van der Waals surface area contributed by atoms with Crippen LogP contribution in [0.15, 0.2) is 0 Å². The lowest BCUT2D eigenvalue weighted by Gasteiger charge is -2.10. The summed E-state index contributed by atoms with van der Waals surface area (Å²) in [6.07, 6.45) is -3.12. The second-order valence-corrected chi connectivity index (χ2v) is 4.82. The molecule has 90 valence electrons. The van der Waals surface area contributed by atoms with E-state index in [9.17, 15) is 13.2 Å². The Morgan fingerprint density at radius 3 is 2.44 bits per heavy atom. The van der Waals surface area contributed by atoms with Crippen molar-refractivity contribution in [3.05, 3.63) is 17.0 Å². The molecule has 2 nitrogen and oxygen atoms in total. The maximum atomic E-state index is 12.8. The Morgan fingerprint density at radius 2 is 1.94 bits per heavy atom. The molecule has 5 heteroatoms. The fourth-order valence-corrected chi connectivity index (χ4v) is 2.34. The molecule has 1 aromatic rings. The smallest absolute Gasteiger partial charge is 0.266 e. The predicted octanol–water partition coefficient (Wildman–Crippen LogP) is 3.22. The second-order valence-electron chi connectivity index (χ2n) is 4.82. The summed E-state index contributed by atoms with van der Waals surface area (Å²) >= 11 is 0. The molecule has 0 aromatic carbocycles. The van der Waals surface area contributed by atoms with Gasteiger partial charge in [0, 0.05) is 17.3 Å². The molecule has 1 aliphatic carbocycles. The molecule has 0 aliphatic heterocycles. The summed E-state index contributed by atoms with van der Waals surface area (Å²) in [6, 6.07) is -0.0184. The first-order chi connectivity index (χ1) is 7.30. The van der Waals surface area contributed by atoms with Gasteiger partial charge in [0.15, 0.2) is 5.69 Å². The van der Waals surface area contributed by atoms with Crippen molar-refractivity contribution >= 4 is 0 Å². The first-order valence-corrected chi connectivity index (χ1v) is 5.48. The van der Waals surface area contributed by atoms with Crippen molar-refractivity contribution < 1.29 is 13.2 Å². The summed E-state index contributed by atoms with van der Waals surface area (Å²) in [6.45, 7) is 5.69. The van der Waals surface area contributed by atoms with Gasteiger partial charge in [-0.05, 0) is 32.6 Å². The number of aromatic nitrogens is 2. The highest BCUT2D eigenvalue weighted by Gasteiger charge is 2.41. The van der Waals surface area contributed by atoms with Crippen molar-refractivity contribution in [2.45, 2.75) is 45.8 Å². The van der Waals surface area contributed by atoms with E-state index in [0.717, 1.165) is 5.69 Å². The van der Waals surface area contributed by atoms with Crippen molar-refractivity contribution in [1.82, 2.24) is 9.78 Å². The standard InChI is InChI=1S/C11H15F3N2/c1-6(2)16-9-5-7(3)4-8(9)10(15-16)11(12,13)14/h6-7H,4-5H2,1-3H3. The Morgan fingerprint density at radius 1 is 1.31 bits per heavy atom. The van der Waals surface area contributed by atoms with Crippen molar-refractivity contribution in [3.8, 4) is 0 Å². The monoisotopic (exact) mass is 232 g/mol. The third-order valence-corrected chi connectivity index (χ3v) is 2.97. The zero-order valence-electron chi connectivity index (χ0n) is 9.60. The van der Waals surface area contributed by atoms with Gasteiger partial charge in [0.1, 0.15) is 0 Å². The maximum Gasteiger partial charge on any atom is 0.435 e. The zero-order valence-corrected chi connectivity index (χ0v) is 9.60. The van der Waals surface area contributed by atoms with E-state index in [4.69, 9.17) is 0 Å². The van der Waals surface area contributed by atoms with Gasteiger partial charge in [-0.25, -0.2) is 0 Å². The van der Waals surface area contributed by atoms with E-state index in [1.165, 1.54) is 4.68 Å². The molecule has 0 spiro atoms. The number of rotatable bonds is 1. The quantitative estimate of drug-likeness (QED) is 0.727. The van der Waals surface area contributed by atoms with E-state index >= 15 is 0 Å². The summed E-state index contributed by atoms with van der Waals surface area (Å²) in [4.78, 5) is 0. The van der Waals surface area contributed by atoms with Crippen molar-refractivity contribution in [1.29, 1.82) is 0 Å². The van der Waals surface area contributed by atoms with E-state index in [1.54, 1.807) is 0 Å². The Labute approximate surface area is 92.4 Å². The van der Waals surface area contributed by atoms with Crippen LogP contribution in [0.25, 0.3) is 0 Å². The molecule has 1 heterocycles. The molecule has 1 unspecified atom stereocenters. The molecular weight excluding hydrogens is 217 g/mol. The summed E-state index contributed by atoms with van der Waals surface area (Å²) in [5.41, 5.74) is 0.504. The lowest BCUT2D eigenvalue weighted by molar-refractivity contribution is -0.142. The van der Waals surface area contributed by atoms with Crippen LogP contribution in [0.1, 0.15) is 43.8 Å². The largest absolute Gasteiger partial charge is 0.435 e. The van der Waals surface area contributed by atoms with Crippen LogP contribution in [0.5, 0.6) is 0 Å². The van der Waals surface area contributed by atoms with Gasteiger partial charge >= 0.3 is 6.18 Å². The van der Waals surface area contributed by atoms with Crippen LogP contribution in [-0.4, -0.2) is 9.78 Å². The van der Waals surface area contributed by atoms with Crippen LogP contribution in [0, 0.1) is 5.92 Å². The van der Waals surface area contributed by atoms with Gasteiger partial charge in [-0.15, -0.1) is 0 Å². The molecule has 1 aromatic heterocycles. The van der Waals surface area contributed by atoms with Crippen molar-refractivity contribution in [2.75, 3.05) is 0 Å². The number of alkyl halides is 3. The third-order valence-electron chi connectivity index (χ3n) is 2.97. The highest BCUT2D eigenvalue weighted by atomic mass is 19.4. The number of hydrogen-bond acceptors (Lipinski definition) is 1. The highest BCUT2D eigenvalue weighted by molar-refractivity contribution is 5.33. The van der Waals surface area contributed by atoms with Crippen LogP contribution < -0.4 is 0 Å². The van der Waals surface area contributed by atoms with E-state index in [1.807, 2.05) is 20.8 Å². The molecule has 0 amide bonds. The third kappa shape index (κ3) is 1.72. The Bertz CT molecular complexity index is 404. The molecule has 0 radical (unpaired) electrons. The van der Waals surface area contributed by atoms with E-state index < -0.39 is 11.9 Å². The van der Waals surface area contributed by atoms with Gasteiger partial charge in [-0.2, -0.15) is 18.3 Å². The van der Waals surface area contributed by atoms with E-state index in [0.29, 0.717) is 24.3 Å². The molecule has 1 aliphatic rings. The average molecular weight is 232 g/mol. The minimum atomic E-state index is -4.33. The molecule has 0 bridgehead atoms. The average Bonchev–Trinajstić information content (AvgIpc) is 2.57. The SMILES string of the molecule is CC1Cc2c(C(F)(F)F)nn(C(C)C)c2C1. The zero-order chi connectivity index (χ0) is 12.1. The Hall–Kier alpha value is -1.00. The molecule has 2 rings (SSSR count). The lowest BCUT2D eigenvalue weighted by Crippen LogP contribution is -2.13. The predicted molar refractivity (Wildman–Crippen MR) is 54.2 cm³/mol. The van der Waals surface area contributed by atoms with E-state index in [-0.39, 0.29) is 6.04 Å². The topological polar surface area (TPSA) is 17.8 Å². The molecule has 0 fully saturated rings. The lowest BCUT2D eigenvalue weighted by atomic mass is 10.1. The maximum absolute atomic E-state index is 12.8. The van der Waals surface area contributed by atoms with Gasteiger partial charge in [0.2, 0.25) is 0 Å². The molecule has 0 saturated carbocycles. The van der Waals surface area contributed by atoms with Gasteiger partial charge in [0.05, 0.1) is 0 Å². The molecular formula is C11H15F3N2. The minimum absolute atomic E-state index is 0.0184. The van der Waals surface area contributed by atoms with Gasteiger partial charge < -0.3 is 0 Å². The minimum Gasteiger partial charge on any atom is -0.266 e. The Kier molecular flexibility index (Phi) is 2.51. The normalized spacial score (nSPS) is 20.6. The Balaban J connectivity index is 2.54. The number of nitrogens with zero attached hydrogens (tertiary/aromatic N) is 2. The summed E-state index contributed by atoms with van der Waals surface area (Å²) in [5, 5.41) is 3.73. The number of fused-ring (bicyclic) bond motifs is 1. The van der Waals surface area contributed by atoms with Crippen LogP contribution in [0.3, 0.4) is 0 Å². The van der Waals surface area contributed by atoms with Crippen molar-refractivity contribution in [2.24, 2.45) is 5.92 Å². The number of hydrogen-bond donors (Lipinski definition) is 0. The first-order valence-electron chi connectivity index (χ1n) is 5.48. The van der Waals surface area contributed by atoms with Crippen molar-refractivity contribution in [3.63, 3.8) is 0 Å². The van der Waals surface area contributed by atoms with Crippen LogP contribution in [0.4, 0.5) is 13.2 Å². The van der Waals surface area contributed by atoms with Gasteiger partial charge in [-0.1, -0.05) is 6.92 Å². The van der Waals surface area contributed by atoms with Gasteiger partial charge in [0.25, 0.3) is 0 Å². The molecule has 16 heavy (non-hydrogen) atoms. The fourth-order valence-electron chi connectivity index (χ4n) is 2.34. The van der Waals surface area contributed by atoms with Crippen LogP contribution in [-0.2, 0) is 19.0 Å². The summed E-state index contributed by atoms with van der Waals surface area (Å²) in [7, 11) is 0. The van der Waals surface area contributed by atoms with Crippen LogP contribution >= 0.6 is 0 Å². The molecule has 0 N–H and O–H groups in total. The fraction of sp³-hybridized carbons (Fsp3) is 0.727. The summed E-state index contributed by atoms with van der Waals surface area (Å²) < 4.78 is 39.8. The van der Waals surface area contributed by atoms with E-state index in [2.05, 4.69) is 5.10 Å². The second kappa shape index (κ2) is 3.50. The summed E-state index contributed by atoms with van der Waals surface area (Å²) in [5.74, 6) is 0.291. The first kappa shape index (κ1) is 11.5.